The molecule has 0 saturated heterocycles. The summed E-state index contributed by atoms with van der Waals surface area (Å²) in [7, 11) is 1.38. The van der Waals surface area contributed by atoms with Gasteiger partial charge in [0.1, 0.15) is 0 Å². The first-order valence-corrected chi connectivity index (χ1v) is 11.4. The standard InChI is InChI=1S/C25H31ClN2O3/c1-4-5-6-7-8-9-14-27-25(30)28-22-13-11-19(26)16-21(22)20-12-10-18(15-23(20)28)17(2)24(29)31-3/h10-13,15-17H,4-9,14H2,1-3H3,(H,27,30). The molecule has 0 aliphatic heterocycles. The molecule has 0 spiro atoms. The molecule has 1 aromatic heterocycles. The molecule has 1 unspecified atom stereocenters. The van der Waals surface area contributed by atoms with Crippen molar-refractivity contribution in [2.75, 3.05) is 13.7 Å². The molecule has 2 aromatic carbocycles. The van der Waals surface area contributed by atoms with E-state index in [1.165, 1.54) is 32.8 Å². The number of ether oxygens (including phenoxy) is 1. The van der Waals surface area contributed by atoms with Crippen molar-refractivity contribution in [1.82, 2.24) is 9.88 Å². The third kappa shape index (κ3) is 5.21. The van der Waals surface area contributed by atoms with E-state index < -0.39 is 5.92 Å². The minimum atomic E-state index is -0.421. The lowest BCUT2D eigenvalue weighted by molar-refractivity contribution is -0.141. The molecule has 1 heterocycles. The quantitative estimate of drug-likeness (QED) is 0.298. The maximum Gasteiger partial charge on any atom is 0.326 e. The Labute approximate surface area is 188 Å². The highest BCUT2D eigenvalue weighted by molar-refractivity contribution is 6.32. The number of unbranched alkanes of at least 4 members (excludes halogenated alkanes) is 5. The van der Waals surface area contributed by atoms with Crippen LogP contribution in [0.15, 0.2) is 36.4 Å². The molecule has 0 radical (unpaired) electrons. The van der Waals surface area contributed by atoms with Gasteiger partial charge in [-0.05, 0) is 43.2 Å². The molecule has 6 heteroatoms. The van der Waals surface area contributed by atoms with E-state index >= 15 is 0 Å². The van der Waals surface area contributed by atoms with Crippen LogP contribution in [0.3, 0.4) is 0 Å². The maximum absolute atomic E-state index is 13.2. The van der Waals surface area contributed by atoms with E-state index in [2.05, 4.69) is 12.2 Å². The van der Waals surface area contributed by atoms with Gasteiger partial charge in [-0.25, -0.2) is 4.79 Å². The molecule has 0 aliphatic carbocycles. The highest BCUT2D eigenvalue weighted by Crippen LogP contribution is 2.33. The van der Waals surface area contributed by atoms with Crippen molar-refractivity contribution >= 4 is 45.4 Å². The predicted molar refractivity (Wildman–Crippen MR) is 127 cm³/mol. The van der Waals surface area contributed by atoms with Gasteiger partial charge in [-0.2, -0.15) is 0 Å². The zero-order valence-corrected chi connectivity index (χ0v) is 19.3. The second-order valence-corrected chi connectivity index (χ2v) is 8.45. The summed E-state index contributed by atoms with van der Waals surface area (Å²) >= 11 is 6.23. The SMILES string of the molecule is CCCCCCCCNC(=O)n1c2ccc(Cl)cc2c2ccc(C(C)C(=O)OC)cc21. The van der Waals surface area contributed by atoms with Gasteiger partial charge >= 0.3 is 12.0 Å². The fourth-order valence-electron chi connectivity index (χ4n) is 3.99. The van der Waals surface area contributed by atoms with E-state index in [4.69, 9.17) is 16.3 Å². The Bertz CT molecular complexity index is 1070. The van der Waals surface area contributed by atoms with Gasteiger partial charge < -0.3 is 10.1 Å². The van der Waals surface area contributed by atoms with Crippen molar-refractivity contribution in [2.24, 2.45) is 0 Å². The first-order chi connectivity index (χ1) is 15.0. The first kappa shape index (κ1) is 23.1. The van der Waals surface area contributed by atoms with Crippen molar-refractivity contribution in [3.8, 4) is 0 Å². The number of nitrogens with zero attached hydrogens (tertiary/aromatic N) is 1. The zero-order chi connectivity index (χ0) is 22.4. The molecule has 1 amide bonds. The summed E-state index contributed by atoms with van der Waals surface area (Å²) in [5.41, 5.74) is 2.35. The number of rotatable bonds is 9. The number of methoxy groups -OCH3 is 1. The number of amides is 1. The van der Waals surface area contributed by atoms with Gasteiger partial charge in [0.2, 0.25) is 0 Å². The van der Waals surface area contributed by atoms with Crippen molar-refractivity contribution in [3.63, 3.8) is 0 Å². The topological polar surface area (TPSA) is 60.3 Å². The van der Waals surface area contributed by atoms with Crippen molar-refractivity contribution in [2.45, 2.75) is 58.3 Å². The summed E-state index contributed by atoms with van der Waals surface area (Å²) < 4.78 is 6.57. The van der Waals surface area contributed by atoms with Crippen LogP contribution in [0.25, 0.3) is 21.8 Å². The summed E-state index contributed by atoms with van der Waals surface area (Å²) in [5, 5.41) is 5.51. The second kappa shape index (κ2) is 10.7. The van der Waals surface area contributed by atoms with Crippen LogP contribution in [0.2, 0.25) is 5.02 Å². The van der Waals surface area contributed by atoms with Crippen molar-refractivity contribution in [3.05, 3.63) is 47.0 Å². The van der Waals surface area contributed by atoms with Gasteiger partial charge in [-0.1, -0.05) is 62.8 Å². The second-order valence-electron chi connectivity index (χ2n) is 8.02. The van der Waals surface area contributed by atoms with E-state index in [0.717, 1.165) is 40.2 Å². The number of halogens is 1. The Balaban J connectivity index is 1.90. The summed E-state index contributed by atoms with van der Waals surface area (Å²) in [6, 6.07) is 11.1. The van der Waals surface area contributed by atoms with Crippen LogP contribution in [0.5, 0.6) is 0 Å². The molecular weight excluding hydrogens is 412 g/mol. The number of esters is 1. The number of hydrogen-bond acceptors (Lipinski definition) is 3. The van der Waals surface area contributed by atoms with E-state index in [1.807, 2.05) is 30.3 Å². The van der Waals surface area contributed by atoms with E-state index in [1.54, 1.807) is 17.6 Å². The van der Waals surface area contributed by atoms with Crippen LogP contribution in [-0.4, -0.2) is 30.2 Å². The third-order valence-electron chi connectivity index (χ3n) is 5.82. The minimum absolute atomic E-state index is 0.168. The van der Waals surface area contributed by atoms with Crippen LogP contribution in [0.4, 0.5) is 4.79 Å². The Hall–Kier alpha value is -2.53. The molecule has 1 N–H and O–H groups in total. The van der Waals surface area contributed by atoms with Crippen LogP contribution in [0.1, 0.15) is 63.9 Å². The highest BCUT2D eigenvalue weighted by Gasteiger charge is 2.20. The third-order valence-corrected chi connectivity index (χ3v) is 6.05. The number of carbonyl (C=O) groups excluding carboxylic acids is 2. The Morgan fingerprint density at radius 3 is 2.48 bits per heavy atom. The maximum atomic E-state index is 13.2. The Morgan fingerprint density at radius 1 is 1.00 bits per heavy atom. The average molecular weight is 443 g/mol. The Morgan fingerprint density at radius 2 is 1.74 bits per heavy atom. The zero-order valence-electron chi connectivity index (χ0n) is 18.5. The molecular formula is C25H31ClN2O3. The predicted octanol–water partition coefficient (Wildman–Crippen LogP) is 6.64. The lowest BCUT2D eigenvalue weighted by atomic mass is 9.99. The van der Waals surface area contributed by atoms with Crippen LogP contribution in [-0.2, 0) is 9.53 Å². The van der Waals surface area contributed by atoms with E-state index in [-0.39, 0.29) is 12.0 Å². The van der Waals surface area contributed by atoms with Gasteiger partial charge in [-0.3, -0.25) is 9.36 Å². The first-order valence-electron chi connectivity index (χ1n) is 11.1. The summed E-state index contributed by atoms with van der Waals surface area (Å²) in [4.78, 5) is 25.2. The molecule has 0 fully saturated rings. The van der Waals surface area contributed by atoms with Crippen LogP contribution in [0, 0.1) is 0 Å². The lowest BCUT2D eigenvalue weighted by Gasteiger charge is -2.12. The van der Waals surface area contributed by atoms with Gasteiger partial charge in [0, 0.05) is 22.3 Å². The summed E-state index contributed by atoms with van der Waals surface area (Å²) in [5.74, 6) is -0.729. The fraction of sp³-hybridized carbons (Fsp3) is 0.440. The molecule has 166 valence electrons. The number of benzene rings is 2. The number of hydrogen-bond donors (Lipinski definition) is 1. The molecule has 3 rings (SSSR count). The van der Waals surface area contributed by atoms with Gasteiger partial charge in [-0.15, -0.1) is 0 Å². The summed E-state index contributed by atoms with van der Waals surface area (Å²) in [6.45, 7) is 4.64. The van der Waals surface area contributed by atoms with Gasteiger partial charge in [0.05, 0.1) is 24.1 Å². The average Bonchev–Trinajstić information content (AvgIpc) is 3.10. The fourth-order valence-corrected chi connectivity index (χ4v) is 4.16. The number of nitrogens with one attached hydrogen (secondary N) is 1. The van der Waals surface area contributed by atoms with Crippen molar-refractivity contribution < 1.29 is 14.3 Å². The van der Waals surface area contributed by atoms with Gasteiger partial charge in [0.25, 0.3) is 0 Å². The molecule has 1 atom stereocenters. The highest BCUT2D eigenvalue weighted by atomic mass is 35.5. The van der Waals surface area contributed by atoms with Gasteiger partial charge in [0.15, 0.2) is 0 Å². The summed E-state index contributed by atoms with van der Waals surface area (Å²) in [6.07, 6.45) is 7.02. The molecule has 3 aromatic rings. The lowest BCUT2D eigenvalue weighted by Crippen LogP contribution is -2.29. The number of carbonyl (C=O) groups is 2. The molecule has 31 heavy (non-hydrogen) atoms. The molecule has 0 saturated carbocycles. The molecule has 5 nitrogen and oxygen atoms in total. The monoisotopic (exact) mass is 442 g/mol. The van der Waals surface area contributed by atoms with Crippen LogP contribution < -0.4 is 5.32 Å². The molecule has 0 aliphatic rings. The normalized spacial score (nSPS) is 12.3. The van der Waals surface area contributed by atoms with Crippen molar-refractivity contribution in [1.29, 1.82) is 0 Å². The minimum Gasteiger partial charge on any atom is -0.469 e. The van der Waals surface area contributed by atoms with E-state index in [0.29, 0.717) is 11.6 Å². The number of fused-ring (bicyclic) bond motifs is 3. The van der Waals surface area contributed by atoms with Crippen LogP contribution >= 0.6 is 11.6 Å². The largest absolute Gasteiger partial charge is 0.469 e. The molecule has 0 bridgehead atoms. The van der Waals surface area contributed by atoms with E-state index in [9.17, 15) is 9.59 Å². The Kier molecular flexibility index (Phi) is 7.97. The number of aromatic nitrogens is 1. The smallest absolute Gasteiger partial charge is 0.326 e.